The number of fused-ring (bicyclic) bond motifs is 3. The molecule has 2 bridgehead atoms. The number of morpholine rings is 1. The molecule has 164 valence electrons. The fourth-order valence-corrected chi connectivity index (χ4v) is 4.90. The van der Waals surface area contributed by atoms with Crippen molar-refractivity contribution in [2.45, 2.75) is 77.0 Å². The molecule has 3 heterocycles. The first-order chi connectivity index (χ1) is 14.5. The normalized spacial score (nSPS) is 25.4. The molecule has 0 saturated carbocycles. The van der Waals surface area contributed by atoms with Gasteiger partial charge in [0.05, 0.1) is 13.2 Å². The quantitative estimate of drug-likeness (QED) is 0.725. The Labute approximate surface area is 178 Å². The number of nitrogens with zero attached hydrogens (tertiary/aromatic N) is 3. The van der Waals surface area contributed by atoms with Crippen LogP contribution in [-0.4, -0.2) is 63.6 Å². The molecule has 0 radical (unpaired) electrons. The average molecular weight is 415 g/mol. The minimum Gasteiger partial charge on any atom is -0.506 e. The van der Waals surface area contributed by atoms with Crippen molar-refractivity contribution >= 4 is 16.8 Å². The van der Waals surface area contributed by atoms with E-state index in [1.165, 1.54) is 12.8 Å². The molecule has 2 saturated heterocycles. The second-order valence-corrected chi connectivity index (χ2v) is 8.80. The molecule has 1 aromatic heterocycles. The number of aromatic nitrogens is 2. The fourth-order valence-electron chi connectivity index (χ4n) is 4.90. The van der Waals surface area contributed by atoms with Gasteiger partial charge in [0.2, 0.25) is 0 Å². The Morgan fingerprint density at radius 3 is 2.70 bits per heavy atom. The predicted molar refractivity (Wildman–Crippen MR) is 117 cm³/mol. The summed E-state index contributed by atoms with van der Waals surface area (Å²) in [4.78, 5) is 15.8. The van der Waals surface area contributed by atoms with Crippen LogP contribution >= 0.6 is 0 Å². The lowest BCUT2D eigenvalue weighted by Crippen LogP contribution is -2.60. The second-order valence-electron chi connectivity index (χ2n) is 8.80. The molecule has 2 N–H and O–H groups in total. The smallest absolute Gasteiger partial charge is 0.272 e. The van der Waals surface area contributed by atoms with E-state index in [1.807, 2.05) is 13.0 Å². The van der Waals surface area contributed by atoms with E-state index in [1.54, 1.807) is 16.8 Å². The summed E-state index contributed by atoms with van der Waals surface area (Å²) in [6.07, 6.45) is 5.07. The van der Waals surface area contributed by atoms with Crippen LogP contribution in [0.2, 0.25) is 0 Å². The lowest BCUT2D eigenvalue weighted by molar-refractivity contribution is -0.0802. The van der Waals surface area contributed by atoms with Gasteiger partial charge in [-0.25, -0.2) is 0 Å². The van der Waals surface area contributed by atoms with E-state index in [-0.39, 0.29) is 23.7 Å². The molecular formula is C23H34N4O3. The van der Waals surface area contributed by atoms with Crippen molar-refractivity contribution in [1.29, 1.82) is 0 Å². The highest BCUT2D eigenvalue weighted by molar-refractivity contribution is 6.06. The van der Waals surface area contributed by atoms with Gasteiger partial charge in [0, 0.05) is 29.6 Å². The largest absolute Gasteiger partial charge is 0.506 e. The fraction of sp³-hybridized carbons (Fsp3) is 0.652. The van der Waals surface area contributed by atoms with Crippen molar-refractivity contribution in [3.8, 4) is 5.75 Å². The van der Waals surface area contributed by atoms with Gasteiger partial charge >= 0.3 is 0 Å². The molecule has 0 spiro atoms. The molecular weight excluding hydrogens is 380 g/mol. The number of aromatic hydroxyl groups is 1. The molecule has 2 aliphatic heterocycles. The van der Waals surface area contributed by atoms with E-state index in [4.69, 9.17) is 4.74 Å². The molecule has 4 rings (SSSR count). The average Bonchev–Trinajstić information content (AvgIpc) is 3.13. The third-order valence-corrected chi connectivity index (χ3v) is 6.71. The minimum atomic E-state index is -0.154. The van der Waals surface area contributed by atoms with Crippen LogP contribution in [0.4, 0.5) is 0 Å². The van der Waals surface area contributed by atoms with Crippen molar-refractivity contribution in [2.75, 3.05) is 19.8 Å². The van der Waals surface area contributed by atoms with Crippen LogP contribution in [0.5, 0.6) is 5.75 Å². The number of carbonyl (C=O) groups excluding carboxylic acids is 1. The lowest BCUT2D eigenvalue weighted by Gasteiger charge is -2.48. The third kappa shape index (κ3) is 3.93. The van der Waals surface area contributed by atoms with Gasteiger partial charge in [-0.1, -0.05) is 32.4 Å². The summed E-state index contributed by atoms with van der Waals surface area (Å²) in [6.45, 7) is 8.94. The highest BCUT2D eigenvalue weighted by Crippen LogP contribution is 2.31. The number of hydrogen-bond donors (Lipinski definition) is 2. The minimum absolute atomic E-state index is 0.0978. The molecule has 0 aliphatic carbocycles. The van der Waals surface area contributed by atoms with E-state index in [9.17, 15) is 9.90 Å². The molecule has 7 nitrogen and oxygen atoms in total. The number of benzene rings is 1. The first kappa shape index (κ1) is 21.1. The van der Waals surface area contributed by atoms with Crippen LogP contribution in [0, 0.1) is 0 Å². The van der Waals surface area contributed by atoms with Gasteiger partial charge in [0.1, 0.15) is 11.3 Å². The molecule has 2 unspecified atom stereocenters. The molecule has 7 heteroatoms. The standard InChI is InChI=1S/C23H34N4O3/c1-4-6-10-26-17-11-16(12-18(26)14-30-13-17)24-23(29)21-19-8-7-9-20(28)22(19)27(25-21)15(3)5-2/h7-9,15-18,28H,4-6,10-14H2,1-3H3,(H,24,29)/t15?,16?,17-,18+. The van der Waals surface area contributed by atoms with Crippen molar-refractivity contribution < 1.29 is 14.6 Å². The Bertz CT molecular complexity index is 882. The van der Waals surface area contributed by atoms with Crippen LogP contribution in [-0.2, 0) is 4.74 Å². The predicted octanol–water partition coefficient (Wildman–Crippen LogP) is 3.47. The Kier molecular flexibility index (Phi) is 6.29. The maximum absolute atomic E-state index is 13.2. The summed E-state index contributed by atoms with van der Waals surface area (Å²) >= 11 is 0. The van der Waals surface area contributed by atoms with Crippen molar-refractivity contribution in [2.24, 2.45) is 0 Å². The number of phenolic OH excluding ortho intramolecular Hbond substituents is 1. The highest BCUT2D eigenvalue weighted by Gasteiger charge is 2.39. The topological polar surface area (TPSA) is 79.6 Å². The van der Waals surface area contributed by atoms with Crippen LogP contribution < -0.4 is 5.32 Å². The van der Waals surface area contributed by atoms with E-state index in [0.29, 0.717) is 28.7 Å². The summed E-state index contributed by atoms with van der Waals surface area (Å²) in [7, 11) is 0. The number of rotatable bonds is 7. The van der Waals surface area contributed by atoms with Crippen molar-refractivity contribution in [1.82, 2.24) is 20.0 Å². The molecule has 2 aromatic rings. The number of ether oxygens (including phenoxy) is 1. The lowest BCUT2D eigenvalue weighted by atomic mass is 9.89. The first-order valence-electron chi connectivity index (χ1n) is 11.4. The van der Waals surface area contributed by atoms with Crippen LogP contribution in [0.25, 0.3) is 10.9 Å². The van der Waals surface area contributed by atoms with Crippen LogP contribution in [0.3, 0.4) is 0 Å². The first-order valence-corrected chi connectivity index (χ1v) is 11.4. The van der Waals surface area contributed by atoms with E-state index in [0.717, 1.165) is 39.0 Å². The maximum Gasteiger partial charge on any atom is 0.272 e. The summed E-state index contributed by atoms with van der Waals surface area (Å²) < 4.78 is 7.59. The second kappa shape index (κ2) is 8.94. The zero-order valence-electron chi connectivity index (χ0n) is 18.3. The number of phenols is 1. The molecule has 2 aliphatic rings. The Morgan fingerprint density at radius 2 is 2.03 bits per heavy atom. The summed E-state index contributed by atoms with van der Waals surface area (Å²) in [5.41, 5.74) is 1.03. The molecule has 30 heavy (non-hydrogen) atoms. The number of carbonyl (C=O) groups is 1. The summed E-state index contributed by atoms with van der Waals surface area (Å²) in [5.74, 6) is 0.00826. The van der Waals surface area contributed by atoms with Gasteiger partial charge < -0.3 is 15.2 Å². The van der Waals surface area contributed by atoms with Crippen LogP contribution in [0.1, 0.15) is 69.4 Å². The molecule has 1 amide bonds. The van der Waals surface area contributed by atoms with Gasteiger partial charge in [-0.2, -0.15) is 5.10 Å². The van der Waals surface area contributed by atoms with E-state index < -0.39 is 0 Å². The van der Waals surface area contributed by atoms with Crippen LogP contribution in [0.15, 0.2) is 18.2 Å². The van der Waals surface area contributed by atoms with E-state index in [2.05, 4.69) is 29.2 Å². The number of unbranched alkanes of at least 4 members (excludes halogenated alkanes) is 1. The summed E-state index contributed by atoms with van der Waals surface area (Å²) in [5, 5.41) is 19.0. The van der Waals surface area contributed by atoms with Gasteiger partial charge in [-0.05, 0) is 45.2 Å². The van der Waals surface area contributed by atoms with Gasteiger partial charge in [-0.3, -0.25) is 14.4 Å². The Morgan fingerprint density at radius 1 is 1.30 bits per heavy atom. The monoisotopic (exact) mass is 414 g/mol. The molecule has 1 aromatic carbocycles. The number of amides is 1. The Hall–Kier alpha value is -2.12. The number of nitrogens with one attached hydrogen (secondary N) is 1. The number of para-hydroxylation sites is 1. The molecule has 4 atom stereocenters. The SMILES string of the molecule is CCCCN1[C@@H]2COC[C@H]1CC(NC(=O)c1nn(C(C)CC)c3c(O)cccc13)C2. The number of piperidine rings is 1. The summed E-state index contributed by atoms with van der Waals surface area (Å²) in [6, 6.07) is 6.24. The van der Waals surface area contributed by atoms with Crippen molar-refractivity contribution in [3.05, 3.63) is 23.9 Å². The third-order valence-electron chi connectivity index (χ3n) is 6.71. The zero-order valence-corrected chi connectivity index (χ0v) is 18.3. The van der Waals surface area contributed by atoms with Gasteiger partial charge in [-0.15, -0.1) is 0 Å². The van der Waals surface area contributed by atoms with Crippen molar-refractivity contribution in [3.63, 3.8) is 0 Å². The molecule has 2 fully saturated rings. The van der Waals surface area contributed by atoms with Gasteiger partial charge in [0.15, 0.2) is 5.69 Å². The maximum atomic E-state index is 13.2. The highest BCUT2D eigenvalue weighted by atomic mass is 16.5. The Balaban J connectivity index is 1.54. The van der Waals surface area contributed by atoms with Gasteiger partial charge in [0.25, 0.3) is 5.91 Å². The number of hydrogen-bond acceptors (Lipinski definition) is 5. The van der Waals surface area contributed by atoms with E-state index >= 15 is 0 Å². The zero-order chi connectivity index (χ0) is 21.3.